The number of carbonyl (C=O) groups excluding carboxylic acids is 2. The fourth-order valence-electron chi connectivity index (χ4n) is 2.93. The molecule has 1 fully saturated rings. The topological polar surface area (TPSA) is 78.4 Å². The predicted molar refractivity (Wildman–Crippen MR) is 89.3 cm³/mol. The summed E-state index contributed by atoms with van der Waals surface area (Å²) in [7, 11) is 0. The Labute approximate surface area is 137 Å². The Morgan fingerprint density at radius 1 is 1.09 bits per heavy atom. The maximum Gasteiger partial charge on any atom is 0.251 e. The molecular formula is C18H26N2O3. The largest absolute Gasteiger partial charge is 0.391 e. The zero-order valence-electron chi connectivity index (χ0n) is 13.8. The molecule has 0 heterocycles. The quantitative estimate of drug-likeness (QED) is 0.751. The molecule has 3 N–H and O–H groups in total. The normalized spacial score (nSPS) is 16.3. The van der Waals surface area contributed by atoms with E-state index < -0.39 is 6.10 Å². The third kappa shape index (κ3) is 5.06. The summed E-state index contributed by atoms with van der Waals surface area (Å²) in [5, 5.41) is 15.7. The molecule has 5 heteroatoms. The monoisotopic (exact) mass is 318 g/mol. The summed E-state index contributed by atoms with van der Waals surface area (Å²) < 4.78 is 0. The van der Waals surface area contributed by atoms with Gasteiger partial charge in [0.25, 0.3) is 11.8 Å². The standard InChI is InChI=1S/C18H26N2O3/c1-12(2)20-18(23)15-9-7-14(8-10-15)17(22)19-11-16(21)13-5-3-4-6-13/h7-10,12-13,16,21H,3-6,11H2,1-2H3,(H,19,22)(H,20,23). The third-order valence-electron chi connectivity index (χ3n) is 4.24. The summed E-state index contributed by atoms with van der Waals surface area (Å²) in [5.41, 5.74) is 1.02. The highest BCUT2D eigenvalue weighted by atomic mass is 16.3. The van der Waals surface area contributed by atoms with Gasteiger partial charge in [-0.1, -0.05) is 12.8 Å². The molecule has 0 aromatic heterocycles. The maximum atomic E-state index is 12.1. The summed E-state index contributed by atoms with van der Waals surface area (Å²) in [6, 6.07) is 6.61. The Balaban J connectivity index is 1.86. The van der Waals surface area contributed by atoms with Gasteiger partial charge in [0.05, 0.1) is 6.10 Å². The van der Waals surface area contributed by atoms with Crippen LogP contribution in [0.5, 0.6) is 0 Å². The van der Waals surface area contributed by atoms with Crippen molar-refractivity contribution in [1.29, 1.82) is 0 Å². The van der Waals surface area contributed by atoms with Gasteiger partial charge in [0.2, 0.25) is 0 Å². The van der Waals surface area contributed by atoms with E-state index in [2.05, 4.69) is 10.6 Å². The number of hydrogen-bond acceptors (Lipinski definition) is 3. The van der Waals surface area contributed by atoms with E-state index in [9.17, 15) is 14.7 Å². The van der Waals surface area contributed by atoms with Crippen LogP contribution in [0, 0.1) is 5.92 Å². The molecule has 1 unspecified atom stereocenters. The zero-order chi connectivity index (χ0) is 16.8. The van der Waals surface area contributed by atoms with E-state index in [1.165, 1.54) is 0 Å². The minimum Gasteiger partial charge on any atom is -0.391 e. The number of hydrogen-bond donors (Lipinski definition) is 3. The van der Waals surface area contributed by atoms with Crippen molar-refractivity contribution in [1.82, 2.24) is 10.6 Å². The second kappa shape index (κ2) is 8.11. The van der Waals surface area contributed by atoms with Crippen molar-refractivity contribution in [3.05, 3.63) is 35.4 Å². The minimum atomic E-state index is -0.474. The molecule has 126 valence electrons. The Bertz CT molecular complexity index is 534. The molecule has 5 nitrogen and oxygen atoms in total. The molecule has 2 rings (SSSR count). The van der Waals surface area contributed by atoms with Crippen LogP contribution in [0.2, 0.25) is 0 Å². The number of nitrogens with one attached hydrogen (secondary N) is 2. The summed E-state index contributed by atoms with van der Waals surface area (Å²) in [6.07, 6.45) is 3.93. The maximum absolute atomic E-state index is 12.1. The van der Waals surface area contributed by atoms with Crippen LogP contribution in [-0.4, -0.2) is 35.6 Å². The smallest absolute Gasteiger partial charge is 0.251 e. The molecule has 1 atom stereocenters. The van der Waals surface area contributed by atoms with Crippen LogP contribution in [0.3, 0.4) is 0 Å². The van der Waals surface area contributed by atoms with Crippen molar-refractivity contribution in [3.63, 3.8) is 0 Å². The van der Waals surface area contributed by atoms with E-state index in [0.29, 0.717) is 17.0 Å². The Kier molecular flexibility index (Phi) is 6.16. The van der Waals surface area contributed by atoms with Gasteiger partial charge < -0.3 is 15.7 Å². The number of aliphatic hydroxyl groups excluding tert-OH is 1. The first-order chi connectivity index (χ1) is 11.0. The molecule has 0 spiro atoms. The van der Waals surface area contributed by atoms with Gasteiger partial charge in [-0.2, -0.15) is 0 Å². The Morgan fingerprint density at radius 3 is 2.13 bits per heavy atom. The SMILES string of the molecule is CC(C)NC(=O)c1ccc(C(=O)NCC(O)C2CCCC2)cc1. The van der Waals surface area contributed by atoms with E-state index in [0.717, 1.165) is 25.7 Å². The van der Waals surface area contributed by atoms with Crippen LogP contribution in [0.1, 0.15) is 60.2 Å². The zero-order valence-corrected chi connectivity index (χ0v) is 13.8. The van der Waals surface area contributed by atoms with Gasteiger partial charge in [-0.05, 0) is 56.9 Å². The van der Waals surface area contributed by atoms with Gasteiger partial charge in [-0.25, -0.2) is 0 Å². The molecule has 1 saturated carbocycles. The Hall–Kier alpha value is -1.88. The Morgan fingerprint density at radius 2 is 1.61 bits per heavy atom. The molecule has 1 aliphatic carbocycles. The highest BCUT2D eigenvalue weighted by Crippen LogP contribution is 2.27. The molecule has 1 aromatic rings. The van der Waals surface area contributed by atoms with Crippen LogP contribution in [0.4, 0.5) is 0 Å². The molecular weight excluding hydrogens is 292 g/mol. The van der Waals surface area contributed by atoms with Gasteiger partial charge in [-0.15, -0.1) is 0 Å². The lowest BCUT2D eigenvalue weighted by Gasteiger charge is -2.18. The van der Waals surface area contributed by atoms with E-state index >= 15 is 0 Å². The predicted octanol–water partition coefficient (Wildman–Crippen LogP) is 2.11. The summed E-state index contributed by atoms with van der Waals surface area (Å²) in [4.78, 5) is 24.0. The van der Waals surface area contributed by atoms with Crippen LogP contribution in [0.25, 0.3) is 0 Å². The van der Waals surface area contributed by atoms with Gasteiger partial charge in [0, 0.05) is 23.7 Å². The van der Waals surface area contributed by atoms with Crippen molar-refractivity contribution in [2.24, 2.45) is 5.92 Å². The van der Waals surface area contributed by atoms with Crippen molar-refractivity contribution in [2.45, 2.75) is 51.7 Å². The molecule has 2 amide bonds. The average molecular weight is 318 g/mol. The molecule has 0 bridgehead atoms. The van der Waals surface area contributed by atoms with E-state index in [1.54, 1.807) is 24.3 Å². The second-order valence-corrected chi connectivity index (χ2v) is 6.53. The fourth-order valence-corrected chi connectivity index (χ4v) is 2.93. The number of rotatable bonds is 6. The van der Waals surface area contributed by atoms with Crippen LogP contribution < -0.4 is 10.6 Å². The highest BCUT2D eigenvalue weighted by Gasteiger charge is 2.23. The van der Waals surface area contributed by atoms with E-state index in [1.807, 2.05) is 13.8 Å². The first-order valence-corrected chi connectivity index (χ1v) is 8.34. The molecule has 0 aliphatic heterocycles. The first-order valence-electron chi connectivity index (χ1n) is 8.34. The average Bonchev–Trinajstić information content (AvgIpc) is 3.06. The van der Waals surface area contributed by atoms with Crippen LogP contribution in [0.15, 0.2) is 24.3 Å². The van der Waals surface area contributed by atoms with Gasteiger partial charge in [-0.3, -0.25) is 9.59 Å². The fraction of sp³-hybridized carbons (Fsp3) is 0.556. The second-order valence-electron chi connectivity index (χ2n) is 6.53. The van der Waals surface area contributed by atoms with Crippen molar-refractivity contribution >= 4 is 11.8 Å². The van der Waals surface area contributed by atoms with Crippen LogP contribution in [-0.2, 0) is 0 Å². The van der Waals surface area contributed by atoms with Gasteiger partial charge in [0.1, 0.15) is 0 Å². The van der Waals surface area contributed by atoms with Crippen molar-refractivity contribution in [2.75, 3.05) is 6.54 Å². The molecule has 0 radical (unpaired) electrons. The van der Waals surface area contributed by atoms with Crippen molar-refractivity contribution in [3.8, 4) is 0 Å². The molecule has 1 aliphatic rings. The highest BCUT2D eigenvalue weighted by molar-refractivity contribution is 5.97. The lowest BCUT2D eigenvalue weighted by molar-refractivity contribution is 0.0840. The number of benzene rings is 1. The van der Waals surface area contributed by atoms with E-state index in [4.69, 9.17) is 0 Å². The van der Waals surface area contributed by atoms with Crippen LogP contribution >= 0.6 is 0 Å². The van der Waals surface area contributed by atoms with Gasteiger partial charge in [0.15, 0.2) is 0 Å². The van der Waals surface area contributed by atoms with E-state index in [-0.39, 0.29) is 24.4 Å². The van der Waals surface area contributed by atoms with Gasteiger partial charge >= 0.3 is 0 Å². The lowest BCUT2D eigenvalue weighted by atomic mass is 10.0. The minimum absolute atomic E-state index is 0.0718. The lowest BCUT2D eigenvalue weighted by Crippen LogP contribution is -2.35. The number of aliphatic hydroxyl groups is 1. The third-order valence-corrected chi connectivity index (χ3v) is 4.24. The number of carbonyl (C=O) groups is 2. The first kappa shape index (κ1) is 17.5. The molecule has 1 aromatic carbocycles. The van der Waals surface area contributed by atoms with Crippen molar-refractivity contribution < 1.29 is 14.7 Å². The molecule has 23 heavy (non-hydrogen) atoms. The molecule has 0 saturated heterocycles. The summed E-state index contributed by atoms with van der Waals surface area (Å²) in [5.74, 6) is -0.0705. The number of amides is 2. The summed E-state index contributed by atoms with van der Waals surface area (Å²) >= 11 is 0. The summed E-state index contributed by atoms with van der Waals surface area (Å²) in [6.45, 7) is 4.07.